The summed E-state index contributed by atoms with van der Waals surface area (Å²) in [5.41, 5.74) is 2.20. The number of nitrogens with zero attached hydrogens (tertiary/aromatic N) is 3. The number of aromatic nitrogens is 4. The number of benzene rings is 1. The summed E-state index contributed by atoms with van der Waals surface area (Å²) in [6.45, 7) is 7.63. The Balaban J connectivity index is 1.50. The fourth-order valence-electron chi connectivity index (χ4n) is 3.62. The number of hydrogen-bond donors (Lipinski definition) is 1. The third kappa shape index (κ3) is 5.02. The number of nitrogens with one attached hydrogen (secondary N) is 1. The van der Waals surface area contributed by atoms with Crippen LogP contribution in [0.15, 0.2) is 35.6 Å². The van der Waals surface area contributed by atoms with Gasteiger partial charge in [0.25, 0.3) is 0 Å². The van der Waals surface area contributed by atoms with E-state index >= 15 is 0 Å². The van der Waals surface area contributed by atoms with E-state index in [9.17, 15) is 0 Å². The van der Waals surface area contributed by atoms with Crippen LogP contribution >= 0.6 is 11.8 Å². The van der Waals surface area contributed by atoms with Crippen molar-refractivity contribution in [2.45, 2.75) is 50.9 Å². The van der Waals surface area contributed by atoms with Crippen LogP contribution in [-0.4, -0.2) is 51.4 Å². The van der Waals surface area contributed by atoms with E-state index in [1.807, 2.05) is 12.3 Å². The molecule has 1 atom stereocenters. The average Bonchev–Trinajstić information content (AvgIpc) is 3.45. The van der Waals surface area contributed by atoms with Crippen LogP contribution < -0.4 is 0 Å². The number of hydrogen-bond acceptors (Lipinski definition) is 5. The second kappa shape index (κ2) is 9.78. The summed E-state index contributed by atoms with van der Waals surface area (Å²) in [6, 6.07) is 8.32. The van der Waals surface area contributed by atoms with E-state index in [2.05, 4.69) is 51.8 Å². The van der Waals surface area contributed by atoms with E-state index in [4.69, 9.17) is 9.47 Å². The molecule has 1 unspecified atom stereocenters. The number of ether oxygens (including phenoxy) is 2. The van der Waals surface area contributed by atoms with Gasteiger partial charge in [-0.15, -0.1) is 10.2 Å². The fraction of sp³-hybridized carbons (Fsp3) is 0.545. The Kier molecular flexibility index (Phi) is 6.90. The normalized spacial score (nSPS) is 17.0. The first-order valence-electron chi connectivity index (χ1n) is 10.5. The zero-order valence-corrected chi connectivity index (χ0v) is 18.1. The lowest BCUT2D eigenvalue weighted by Crippen LogP contribution is -2.17. The summed E-state index contributed by atoms with van der Waals surface area (Å²) < 4.78 is 13.9. The monoisotopic (exact) mass is 414 g/mol. The predicted octanol–water partition coefficient (Wildman–Crippen LogP) is 4.76. The Morgan fingerprint density at radius 3 is 3.00 bits per heavy atom. The van der Waals surface area contributed by atoms with Gasteiger partial charge in [0.05, 0.1) is 19.3 Å². The summed E-state index contributed by atoms with van der Waals surface area (Å²) >= 11 is 1.71. The van der Waals surface area contributed by atoms with E-state index in [0.29, 0.717) is 5.92 Å². The molecule has 0 bridgehead atoms. The minimum Gasteiger partial charge on any atom is -0.381 e. The van der Waals surface area contributed by atoms with Gasteiger partial charge in [-0.2, -0.15) is 0 Å². The van der Waals surface area contributed by atoms with Crippen LogP contribution in [0.3, 0.4) is 0 Å². The van der Waals surface area contributed by atoms with Gasteiger partial charge < -0.3 is 14.5 Å². The largest absolute Gasteiger partial charge is 0.381 e. The molecule has 6 nitrogen and oxygen atoms in total. The van der Waals surface area contributed by atoms with Crippen molar-refractivity contribution in [2.24, 2.45) is 5.92 Å². The highest BCUT2D eigenvalue weighted by Gasteiger charge is 2.23. The van der Waals surface area contributed by atoms with Crippen molar-refractivity contribution in [3.63, 3.8) is 0 Å². The molecule has 1 N–H and O–H groups in total. The lowest BCUT2D eigenvalue weighted by molar-refractivity contribution is 0.0953. The van der Waals surface area contributed by atoms with Gasteiger partial charge in [-0.05, 0) is 31.2 Å². The molecule has 7 heteroatoms. The van der Waals surface area contributed by atoms with Crippen molar-refractivity contribution in [3.05, 3.63) is 30.5 Å². The topological polar surface area (TPSA) is 65.0 Å². The van der Waals surface area contributed by atoms with Crippen LogP contribution in [0.5, 0.6) is 0 Å². The number of rotatable bonds is 10. The molecule has 0 radical (unpaired) electrons. The van der Waals surface area contributed by atoms with Crippen LogP contribution in [0.2, 0.25) is 0 Å². The summed E-state index contributed by atoms with van der Waals surface area (Å²) in [7, 11) is 0. The molecular formula is C22H30N4O2S. The van der Waals surface area contributed by atoms with Crippen LogP contribution in [0.1, 0.15) is 33.1 Å². The zero-order chi connectivity index (χ0) is 20.1. The smallest absolute Gasteiger partial charge is 0.191 e. The summed E-state index contributed by atoms with van der Waals surface area (Å²) in [5.74, 6) is 2.45. The summed E-state index contributed by atoms with van der Waals surface area (Å²) in [6.07, 6.45) is 5.58. The van der Waals surface area contributed by atoms with Crippen LogP contribution in [0.4, 0.5) is 0 Å². The molecule has 3 heterocycles. The maximum Gasteiger partial charge on any atom is 0.191 e. The molecule has 156 valence electrons. The predicted molar refractivity (Wildman–Crippen MR) is 117 cm³/mol. The van der Waals surface area contributed by atoms with Crippen molar-refractivity contribution in [1.29, 1.82) is 0 Å². The molecule has 3 aromatic rings. The highest BCUT2D eigenvalue weighted by atomic mass is 32.2. The van der Waals surface area contributed by atoms with Crippen LogP contribution in [0, 0.1) is 5.92 Å². The van der Waals surface area contributed by atoms with Gasteiger partial charge in [0.2, 0.25) is 0 Å². The van der Waals surface area contributed by atoms with Crippen molar-refractivity contribution < 1.29 is 9.47 Å². The quantitative estimate of drug-likeness (QED) is 0.383. The minimum atomic E-state index is 0.233. The lowest BCUT2D eigenvalue weighted by Gasteiger charge is -2.14. The van der Waals surface area contributed by atoms with Crippen molar-refractivity contribution in [2.75, 3.05) is 25.6 Å². The summed E-state index contributed by atoms with van der Waals surface area (Å²) in [4.78, 5) is 3.35. The van der Waals surface area contributed by atoms with Crippen molar-refractivity contribution in [1.82, 2.24) is 19.7 Å². The van der Waals surface area contributed by atoms with E-state index < -0.39 is 0 Å². The van der Waals surface area contributed by atoms with Gasteiger partial charge in [-0.25, -0.2) is 0 Å². The zero-order valence-electron chi connectivity index (χ0n) is 17.3. The van der Waals surface area contributed by atoms with Gasteiger partial charge in [0.1, 0.15) is 0 Å². The highest BCUT2D eigenvalue weighted by Crippen LogP contribution is 2.31. The number of H-pyrrole nitrogens is 1. The SMILES string of the molecule is CC(C)CCOCCSc1nnc(-c2c[nH]c3ccccc23)n1CC1CCCO1. The van der Waals surface area contributed by atoms with E-state index in [1.54, 1.807) is 11.8 Å². The molecule has 1 aliphatic heterocycles. The molecule has 1 aliphatic rings. The molecule has 0 amide bonds. The standard InChI is InChI=1S/C22H30N4O2S/c1-16(2)9-11-27-12-13-29-22-25-24-21(26(22)15-17-6-5-10-28-17)19-14-23-20-8-4-3-7-18(19)20/h3-4,7-8,14,16-17,23H,5-6,9-13,15H2,1-2H3. The Bertz CT molecular complexity index is 915. The van der Waals surface area contributed by atoms with Gasteiger partial charge in [0, 0.05) is 41.6 Å². The number of para-hydroxylation sites is 1. The first-order chi connectivity index (χ1) is 14.2. The third-order valence-corrected chi connectivity index (χ3v) is 6.19. The van der Waals surface area contributed by atoms with Crippen molar-refractivity contribution in [3.8, 4) is 11.4 Å². The number of thioether (sulfide) groups is 1. The molecule has 1 aromatic carbocycles. The van der Waals surface area contributed by atoms with E-state index in [1.165, 1.54) is 5.39 Å². The van der Waals surface area contributed by atoms with Gasteiger partial charge >= 0.3 is 0 Å². The maximum atomic E-state index is 5.90. The number of fused-ring (bicyclic) bond motifs is 1. The maximum absolute atomic E-state index is 5.90. The van der Waals surface area contributed by atoms with E-state index in [0.717, 1.165) is 73.4 Å². The van der Waals surface area contributed by atoms with Gasteiger partial charge in [-0.3, -0.25) is 4.57 Å². The fourth-order valence-corrected chi connectivity index (χ4v) is 4.42. The first kappa shape index (κ1) is 20.4. The molecule has 0 aliphatic carbocycles. The molecule has 4 rings (SSSR count). The number of aromatic amines is 1. The molecule has 1 saturated heterocycles. The van der Waals surface area contributed by atoms with Gasteiger partial charge in [-0.1, -0.05) is 43.8 Å². The van der Waals surface area contributed by atoms with Crippen LogP contribution in [-0.2, 0) is 16.0 Å². The average molecular weight is 415 g/mol. The third-order valence-electron chi connectivity index (χ3n) is 5.26. The van der Waals surface area contributed by atoms with Gasteiger partial charge in [0.15, 0.2) is 11.0 Å². The molecule has 0 spiro atoms. The molecule has 2 aromatic heterocycles. The van der Waals surface area contributed by atoms with Crippen molar-refractivity contribution >= 4 is 22.7 Å². The Labute approximate surface area is 176 Å². The summed E-state index contributed by atoms with van der Waals surface area (Å²) in [5, 5.41) is 11.2. The molecule has 29 heavy (non-hydrogen) atoms. The Hall–Kier alpha value is -1.83. The molecular weight excluding hydrogens is 384 g/mol. The Morgan fingerprint density at radius 1 is 1.28 bits per heavy atom. The van der Waals surface area contributed by atoms with E-state index in [-0.39, 0.29) is 6.10 Å². The lowest BCUT2D eigenvalue weighted by atomic mass is 10.1. The first-order valence-corrected chi connectivity index (χ1v) is 11.5. The second-order valence-corrected chi connectivity index (χ2v) is 9.01. The second-order valence-electron chi connectivity index (χ2n) is 7.94. The molecule has 0 saturated carbocycles. The molecule has 1 fully saturated rings. The minimum absolute atomic E-state index is 0.233. The Morgan fingerprint density at radius 2 is 2.17 bits per heavy atom. The highest BCUT2D eigenvalue weighted by molar-refractivity contribution is 7.99. The van der Waals surface area contributed by atoms with Crippen LogP contribution in [0.25, 0.3) is 22.3 Å².